The average molecular weight is 256 g/mol. The molecule has 94 valence electrons. The van der Waals surface area contributed by atoms with Crippen molar-refractivity contribution < 1.29 is 4.74 Å². The highest BCUT2D eigenvalue weighted by Gasteiger charge is 2.14. The van der Waals surface area contributed by atoms with E-state index in [1.165, 1.54) is 5.56 Å². The van der Waals surface area contributed by atoms with Gasteiger partial charge in [0.2, 0.25) is 0 Å². The first-order chi connectivity index (χ1) is 8.19. The Morgan fingerprint density at radius 2 is 2.00 bits per heavy atom. The van der Waals surface area contributed by atoms with Crippen molar-refractivity contribution in [3.05, 3.63) is 28.8 Å². The van der Waals surface area contributed by atoms with Gasteiger partial charge >= 0.3 is 0 Å². The number of ether oxygens (including phenoxy) is 1. The SMILES string of the molecule is COc1ccc(CN2CCN(N)CC2)cc1Cl. The van der Waals surface area contributed by atoms with Gasteiger partial charge in [-0.15, -0.1) is 0 Å². The monoisotopic (exact) mass is 255 g/mol. The van der Waals surface area contributed by atoms with Crippen LogP contribution in [0, 0.1) is 0 Å². The molecule has 0 saturated carbocycles. The van der Waals surface area contributed by atoms with Crippen molar-refractivity contribution >= 4 is 11.6 Å². The van der Waals surface area contributed by atoms with Crippen LogP contribution in [0.25, 0.3) is 0 Å². The van der Waals surface area contributed by atoms with E-state index >= 15 is 0 Å². The average Bonchev–Trinajstić information content (AvgIpc) is 2.32. The van der Waals surface area contributed by atoms with E-state index in [2.05, 4.69) is 11.0 Å². The molecule has 0 radical (unpaired) electrons. The summed E-state index contributed by atoms with van der Waals surface area (Å²) in [5.74, 6) is 6.45. The van der Waals surface area contributed by atoms with E-state index in [0.29, 0.717) is 5.02 Å². The maximum absolute atomic E-state index is 6.10. The normalized spacial score (nSPS) is 18.3. The van der Waals surface area contributed by atoms with Gasteiger partial charge in [-0.05, 0) is 17.7 Å². The molecular formula is C12H18ClN3O. The zero-order valence-electron chi connectivity index (χ0n) is 10.0. The Morgan fingerprint density at radius 1 is 1.29 bits per heavy atom. The van der Waals surface area contributed by atoms with Gasteiger partial charge in [-0.25, -0.2) is 5.01 Å². The number of methoxy groups -OCH3 is 1. The second-order valence-electron chi connectivity index (χ2n) is 4.28. The van der Waals surface area contributed by atoms with Gasteiger partial charge in [0.1, 0.15) is 5.75 Å². The van der Waals surface area contributed by atoms with E-state index in [1.54, 1.807) is 7.11 Å². The zero-order valence-corrected chi connectivity index (χ0v) is 10.8. The molecule has 1 heterocycles. The van der Waals surface area contributed by atoms with E-state index in [0.717, 1.165) is 38.5 Å². The number of benzene rings is 1. The number of hydrogen-bond donors (Lipinski definition) is 1. The van der Waals surface area contributed by atoms with Gasteiger partial charge in [0.05, 0.1) is 12.1 Å². The summed E-state index contributed by atoms with van der Waals surface area (Å²) in [6.07, 6.45) is 0. The van der Waals surface area contributed by atoms with Crippen molar-refractivity contribution in [2.24, 2.45) is 5.84 Å². The third kappa shape index (κ3) is 3.33. The van der Waals surface area contributed by atoms with Crippen molar-refractivity contribution in [3.8, 4) is 5.75 Å². The largest absolute Gasteiger partial charge is 0.495 e. The molecule has 0 atom stereocenters. The molecule has 1 aliphatic rings. The molecule has 0 aliphatic carbocycles. The Labute approximate surface area is 107 Å². The first-order valence-electron chi connectivity index (χ1n) is 5.73. The van der Waals surface area contributed by atoms with Gasteiger partial charge in [0, 0.05) is 32.7 Å². The summed E-state index contributed by atoms with van der Waals surface area (Å²) >= 11 is 6.10. The maximum atomic E-state index is 6.10. The van der Waals surface area contributed by atoms with Gasteiger partial charge < -0.3 is 4.74 Å². The number of rotatable bonds is 3. The minimum absolute atomic E-state index is 0.669. The van der Waals surface area contributed by atoms with Gasteiger partial charge in [-0.3, -0.25) is 10.7 Å². The molecule has 0 bridgehead atoms. The number of hydrogen-bond acceptors (Lipinski definition) is 4. The third-order valence-electron chi connectivity index (χ3n) is 3.03. The van der Waals surface area contributed by atoms with Crippen molar-refractivity contribution in [2.75, 3.05) is 33.3 Å². The van der Waals surface area contributed by atoms with Crippen LogP contribution in [0.15, 0.2) is 18.2 Å². The van der Waals surface area contributed by atoms with Gasteiger partial charge in [0.25, 0.3) is 0 Å². The minimum atomic E-state index is 0.669. The highest BCUT2D eigenvalue weighted by Crippen LogP contribution is 2.25. The van der Waals surface area contributed by atoms with Crippen LogP contribution in [0.2, 0.25) is 5.02 Å². The van der Waals surface area contributed by atoms with E-state index in [4.69, 9.17) is 22.2 Å². The second-order valence-corrected chi connectivity index (χ2v) is 4.69. The van der Waals surface area contributed by atoms with Crippen molar-refractivity contribution in [2.45, 2.75) is 6.54 Å². The van der Waals surface area contributed by atoms with Crippen LogP contribution >= 0.6 is 11.6 Å². The quantitative estimate of drug-likeness (QED) is 0.828. The standard InChI is InChI=1S/C12H18ClN3O/c1-17-12-3-2-10(8-11(12)13)9-15-4-6-16(14)7-5-15/h2-3,8H,4-7,9,14H2,1H3. The van der Waals surface area contributed by atoms with E-state index in [1.807, 2.05) is 17.1 Å². The fourth-order valence-electron chi connectivity index (χ4n) is 1.99. The summed E-state index contributed by atoms with van der Waals surface area (Å²) < 4.78 is 5.14. The highest BCUT2D eigenvalue weighted by atomic mass is 35.5. The molecule has 2 N–H and O–H groups in total. The highest BCUT2D eigenvalue weighted by molar-refractivity contribution is 6.32. The van der Waals surface area contributed by atoms with Crippen LogP contribution in [-0.4, -0.2) is 43.2 Å². The third-order valence-corrected chi connectivity index (χ3v) is 3.32. The summed E-state index contributed by atoms with van der Waals surface area (Å²) in [5.41, 5.74) is 1.21. The fourth-order valence-corrected chi connectivity index (χ4v) is 2.27. The number of nitrogens with zero attached hydrogens (tertiary/aromatic N) is 2. The number of hydrazine groups is 1. The van der Waals surface area contributed by atoms with Gasteiger partial charge in [0.15, 0.2) is 0 Å². The molecule has 1 aromatic carbocycles. The van der Waals surface area contributed by atoms with E-state index in [-0.39, 0.29) is 0 Å². The van der Waals surface area contributed by atoms with E-state index in [9.17, 15) is 0 Å². The van der Waals surface area contributed by atoms with Crippen molar-refractivity contribution in [1.29, 1.82) is 0 Å². The topological polar surface area (TPSA) is 41.7 Å². The molecule has 17 heavy (non-hydrogen) atoms. The Morgan fingerprint density at radius 3 is 2.59 bits per heavy atom. The summed E-state index contributed by atoms with van der Waals surface area (Å²) in [4.78, 5) is 2.38. The Hall–Kier alpha value is -0.810. The lowest BCUT2D eigenvalue weighted by Crippen LogP contribution is -2.48. The Kier molecular flexibility index (Phi) is 4.23. The Bertz CT molecular complexity index is 378. The van der Waals surface area contributed by atoms with Crippen LogP contribution in [-0.2, 0) is 6.54 Å². The molecule has 4 nitrogen and oxygen atoms in total. The van der Waals surface area contributed by atoms with Crippen LogP contribution in [0.1, 0.15) is 5.56 Å². The summed E-state index contributed by atoms with van der Waals surface area (Å²) in [7, 11) is 1.63. The number of halogens is 1. The van der Waals surface area contributed by atoms with Gasteiger partial charge in [-0.1, -0.05) is 17.7 Å². The lowest BCUT2D eigenvalue weighted by atomic mass is 10.2. The molecule has 0 aromatic heterocycles. The molecule has 1 aromatic rings. The molecule has 0 amide bonds. The summed E-state index contributed by atoms with van der Waals surface area (Å²) in [6, 6.07) is 5.94. The van der Waals surface area contributed by atoms with Crippen LogP contribution in [0.4, 0.5) is 0 Å². The van der Waals surface area contributed by atoms with Crippen LogP contribution in [0.5, 0.6) is 5.75 Å². The molecule has 1 aliphatic heterocycles. The second kappa shape index (κ2) is 5.69. The van der Waals surface area contributed by atoms with E-state index < -0.39 is 0 Å². The van der Waals surface area contributed by atoms with Crippen LogP contribution in [0.3, 0.4) is 0 Å². The molecule has 2 rings (SSSR count). The fraction of sp³-hybridized carbons (Fsp3) is 0.500. The smallest absolute Gasteiger partial charge is 0.137 e. The lowest BCUT2D eigenvalue weighted by molar-refractivity contribution is 0.128. The summed E-state index contributed by atoms with van der Waals surface area (Å²) in [6.45, 7) is 4.76. The Balaban J connectivity index is 1.97. The first-order valence-corrected chi connectivity index (χ1v) is 6.11. The molecule has 1 fully saturated rings. The van der Waals surface area contributed by atoms with Crippen LogP contribution < -0.4 is 10.6 Å². The predicted octanol–water partition coefficient (Wildman–Crippen LogP) is 1.34. The summed E-state index contributed by atoms with van der Waals surface area (Å²) in [5, 5.41) is 2.53. The lowest BCUT2D eigenvalue weighted by Gasteiger charge is -2.31. The number of piperazine rings is 1. The molecule has 1 saturated heterocycles. The molecular weight excluding hydrogens is 238 g/mol. The zero-order chi connectivity index (χ0) is 12.3. The first kappa shape index (κ1) is 12.6. The van der Waals surface area contributed by atoms with Crippen molar-refractivity contribution in [1.82, 2.24) is 9.91 Å². The van der Waals surface area contributed by atoms with Crippen molar-refractivity contribution in [3.63, 3.8) is 0 Å². The molecule has 0 spiro atoms. The minimum Gasteiger partial charge on any atom is -0.495 e. The molecule has 5 heteroatoms. The predicted molar refractivity (Wildman–Crippen MR) is 69.0 cm³/mol. The number of nitrogens with two attached hydrogens (primary N) is 1. The maximum Gasteiger partial charge on any atom is 0.137 e. The van der Waals surface area contributed by atoms with Gasteiger partial charge in [-0.2, -0.15) is 0 Å². The molecule has 0 unspecified atom stereocenters.